The number of anilines is 1. The molecule has 6 heteroatoms. The molecule has 0 amide bonds. The number of pyridine rings is 1. The van der Waals surface area contributed by atoms with Gasteiger partial charge >= 0.3 is 5.97 Å². The fourth-order valence-electron chi connectivity index (χ4n) is 1.80. The minimum Gasteiger partial charge on any atom is -0.464 e. The van der Waals surface area contributed by atoms with Crippen molar-refractivity contribution in [2.45, 2.75) is 6.42 Å². The third-order valence-electron chi connectivity index (χ3n) is 2.83. The number of benzene rings is 1. The van der Waals surface area contributed by atoms with E-state index in [4.69, 9.17) is 28.9 Å². The predicted molar refractivity (Wildman–Crippen MR) is 79.3 cm³/mol. The summed E-state index contributed by atoms with van der Waals surface area (Å²) in [5, 5.41) is 0.211. The Bertz CT molecular complexity index is 645. The summed E-state index contributed by atoms with van der Waals surface area (Å²) in [6.07, 6.45) is 0.456. The number of aromatic nitrogens is 1. The normalized spacial score (nSPS) is 10.3. The number of methoxy groups -OCH3 is 1. The van der Waals surface area contributed by atoms with Gasteiger partial charge in [-0.3, -0.25) is 0 Å². The number of carbonyl (C=O) groups excluding carboxylic acids is 1. The second-order valence-electron chi connectivity index (χ2n) is 4.11. The monoisotopic (exact) mass is 310 g/mol. The van der Waals surface area contributed by atoms with Crippen molar-refractivity contribution in [1.29, 1.82) is 0 Å². The maximum atomic E-state index is 11.6. The lowest BCUT2D eigenvalue weighted by Gasteiger charge is -2.12. The van der Waals surface area contributed by atoms with Gasteiger partial charge in [0.2, 0.25) is 0 Å². The zero-order valence-electron chi connectivity index (χ0n) is 10.7. The van der Waals surface area contributed by atoms with Crippen LogP contribution in [0.5, 0.6) is 0 Å². The molecular formula is C14H12Cl2N2O2. The van der Waals surface area contributed by atoms with Crippen LogP contribution in [0.15, 0.2) is 30.3 Å². The molecule has 0 saturated carbocycles. The molecule has 0 atom stereocenters. The lowest BCUT2D eigenvalue weighted by Crippen LogP contribution is -2.10. The quantitative estimate of drug-likeness (QED) is 0.697. The van der Waals surface area contributed by atoms with Crippen molar-refractivity contribution in [2.75, 3.05) is 12.8 Å². The Morgan fingerprint density at radius 3 is 2.55 bits per heavy atom. The molecule has 0 unspecified atom stereocenters. The molecule has 1 aromatic carbocycles. The van der Waals surface area contributed by atoms with Crippen LogP contribution in [0, 0.1) is 0 Å². The number of nitrogens with zero attached hydrogens (tertiary/aromatic N) is 1. The van der Waals surface area contributed by atoms with Crippen LogP contribution in [0.3, 0.4) is 0 Å². The van der Waals surface area contributed by atoms with Gasteiger partial charge in [-0.2, -0.15) is 0 Å². The van der Waals surface area contributed by atoms with Crippen LogP contribution in [0.2, 0.25) is 10.2 Å². The summed E-state index contributed by atoms with van der Waals surface area (Å²) in [5.41, 5.74) is 7.72. The molecule has 0 fully saturated rings. The Hall–Kier alpha value is -1.78. The Kier molecular flexibility index (Phi) is 4.47. The van der Waals surface area contributed by atoms with Crippen molar-refractivity contribution in [2.24, 2.45) is 0 Å². The fourth-order valence-corrected chi connectivity index (χ4v) is 2.28. The summed E-state index contributed by atoms with van der Waals surface area (Å²) in [6.45, 7) is 0. The van der Waals surface area contributed by atoms with E-state index in [2.05, 4.69) is 9.72 Å². The molecule has 1 heterocycles. The van der Waals surface area contributed by atoms with Gasteiger partial charge in [-0.25, -0.2) is 9.78 Å². The predicted octanol–water partition coefficient (Wildman–Crippen LogP) is 3.35. The Morgan fingerprint density at radius 2 is 1.95 bits per heavy atom. The van der Waals surface area contributed by atoms with Gasteiger partial charge in [-0.15, -0.1) is 0 Å². The Balaban J connectivity index is 2.51. The maximum Gasteiger partial charge on any atom is 0.358 e. The molecule has 0 bridgehead atoms. The van der Waals surface area contributed by atoms with E-state index in [0.717, 1.165) is 5.56 Å². The van der Waals surface area contributed by atoms with Gasteiger partial charge in [0, 0.05) is 12.0 Å². The van der Waals surface area contributed by atoms with Crippen molar-refractivity contribution in [3.05, 3.63) is 57.3 Å². The summed E-state index contributed by atoms with van der Waals surface area (Å²) in [6, 6.07) is 9.59. The van der Waals surface area contributed by atoms with Crippen molar-refractivity contribution >= 4 is 34.9 Å². The first-order valence-corrected chi connectivity index (χ1v) is 6.55. The molecule has 0 spiro atoms. The molecule has 0 radical (unpaired) electrons. The minimum absolute atomic E-state index is 0.0284. The highest BCUT2D eigenvalue weighted by Crippen LogP contribution is 2.32. The fraction of sp³-hybridized carbons (Fsp3) is 0.143. The van der Waals surface area contributed by atoms with Crippen LogP contribution in [-0.2, 0) is 11.2 Å². The number of nitrogens with two attached hydrogens (primary N) is 1. The summed E-state index contributed by atoms with van der Waals surface area (Å²) in [4.78, 5) is 15.5. The number of hydrogen-bond donors (Lipinski definition) is 1. The number of carbonyl (C=O) groups is 1. The molecule has 0 aliphatic rings. The molecule has 20 heavy (non-hydrogen) atoms. The van der Waals surface area contributed by atoms with Gasteiger partial charge in [0.1, 0.15) is 0 Å². The summed E-state index contributed by atoms with van der Waals surface area (Å²) < 4.78 is 4.63. The van der Waals surface area contributed by atoms with E-state index in [1.54, 1.807) is 0 Å². The van der Waals surface area contributed by atoms with Crippen LogP contribution >= 0.6 is 23.2 Å². The molecule has 0 saturated heterocycles. The highest BCUT2D eigenvalue weighted by molar-refractivity contribution is 6.36. The minimum atomic E-state index is -0.647. The van der Waals surface area contributed by atoms with E-state index in [1.807, 2.05) is 30.3 Å². The standard InChI is InChI=1S/C14H12Cl2N2O2/c1-20-14(19)12-10(15)9(11(17)13(16)18-12)7-8-5-3-2-4-6-8/h2-6H,7,17H2,1H3. The third kappa shape index (κ3) is 2.86. The van der Waals surface area contributed by atoms with Gasteiger partial charge in [-0.05, 0) is 5.56 Å². The van der Waals surface area contributed by atoms with E-state index < -0.39 is 5.97 Å². The maximum absolute atomic E-state index is 11.6. The average molecular weight is 311 g/mol. The number of rotatable bonds is 3. The lowest BCUT2D eigenvalue weighted by molar-refractivity contribution is 0.0594. The topological polar surface area (TPSA) is 65.2 Å². The van der Waals surface area contributed by atoms with E-state index in [1.165, 1.54) is 7.11 Å². The molecule has 1 aromatic heterocycles. The van der Waals surface area contributed by atoms with Crippen LogP contribution in [0.4, 0.5) is 5.69 Å². The number of hydrogen-bond acceptors (Lipinski definition) is 4. The van der Waals surface area contributed by atoms with Crippen LogP contribution in [-0.4, -0.2) is 18.1 Å². The zero-order valence-corrected chi connectivity index (χ0v) is 12.2. The van der Waals surface area contributed by atoms with E-state index in [9.17, 15) is 4.79 Å². The average Bonchev–Trinajstić information content (AvgIpc) is 2.47. The smallest absolute Gasteiger partial charge is 0.358 e. The highest BCUT2D eigenvalue weighted by atomic mass is 35.5. The number of esters is 1. The lowest BCUT2D eigenvalue weighted by atomic mass is 10.0. The molecule has 2 aromatic rings. The van der Waals surface area contributed by atoms with E-state index in [0.29, 0.717) is 12.0 Å². The Morgan fingerprint density at radius 1 is 1.30 bits per heavy atom. The Labute approximate surface area is 126 Å². The van der Waals surface area contributed by atoms with Crippen molar-refractivity contribution < 1.29 is 9.53 Å². The molecule has 4 nitrogen and oxygen atoms in total. The SMILES string of the molecule is COC(=O)c1nc(Cl)c(N)c(Cc2ccccc2)c1Cl. The van der Waals surface area contributed by atoms with Gasteiger partial charge < -0.3 is 10.5 Å². The van der Waals surface area contributed by atoms with Gasteiger partial charge in [0.05, 0.1) is 17.8 Å². The molecular weight excluding hydrogens is 299 g/mol. The largest absolute Gasteiger partial charge is 0.464 e. The second kappa shape index (κ2) is 6.11. The zero-order chi connectivity index (χ0) is 14.7. The molecule has 2 rings (SSSR count). The first kappa shape index (κ1) is 14.6. The first-order valence-electron chi connectivity index (χ1n) is 5.80. The van der Waals surface area contributed by atoms with Crippen LogP contribution in [0.25, 0.3) is 0 Å². The van der Waals surface area contributed by atoms with Gasteiger partial charge in [0.25, 0.3) is 0 Å². The van der Waals surface area contributed by atoms with Gasteiger partial charge in [-0.1, -0.05) is 53.5 Å². The summed E-state index contributed by atoms with van der Waals surface area (Å²) in [5.74, 6) is -0.647. The van der Waals surface area contributed by atoms with Crippen LogP contribution in [0.1, 0.15) is 21.6 Å². The number of nitrogen functional groups attached to an aromatic ring is 1. The first-order chi connectivity index (χ1) is 9.54. The number of halogens is 2. The van der Waals surface area contributed by atoms with Crippen molar-refractivity contribution in [3.63, 3.8) is 0 Å². The molecule has 2 N–H and O–H groups in total. The summed E-state index contributed by atoms with van der Waals surface area (Å²) in [7, 11) is 1.25. The van der Waals surface area contributed by atoms with Gasteiger partial charge in [0.15, 0.2) is 10.8 Å². The van der Waals surface area contributed by atoms with E-state index >= 15 is 0 Å². The van der Waals surface area contributed by atoms with Crippen LogP contribution < -0.4 is 5.73 Å². The molecule has 0 aliphatic heterocycles. The van der Waals surface area contributed by atoms with Crippen molar-refractivity contribution in [1.82, 2.24) is 4.98 Å². The third-order valence-corrected chi connectivity index (χ3v) is 3.53. The van der Waals surface area contributed by atoms with E-state index in [-0.39, 0.29) is 21.6 Å². The second-order valence-corrected chi connectivity index (χ2v) is 4.85. The van der Waals surface area contributed by atoms with Crippen molar-refractivity contribution in [3.8, 4) is 0 Å². The molecule has 0 aliphatic carbocycles. The highest BCUT2D eigenvalue weighted by Gasteiger charge is 2.21. The number of ether oxygens (including phenoxy) is 1. The summed E-state index contributed by atoms with van der Waals surface area (Å²) >= 11 is 12.2. The molecule has 104 valence electrons.